The van der Waals surface area contributed by atoms with Gasteiger partial charge in [0.05, 0.1) is 19.1 Å². The molecule has 0 saturated carbocycles. The number of aromatic nitrogens is 2. The van der Waals surface area contributed by atoms with Gasteiger partial charge in [0.15, 0.2) is 5.03 Å². The van der Waals surface area contributed by atoms with Crippen molar-refractivity contribution in [3.05, 3.63) is 47.9 Å². The van der Waals surface area contributed by atoms with Crippen LogP contribution in [-0.2, 0) is 16.6 Å². The summed E-state index contributed by atoms with van der Waals surface area (Å²) in [5, 5.41) is 0.0385. The minimum atomic E-state index is -3.57. The van der Waals surface area contributed by atoms with Crippen LogP contribution in [-0.4, -0.2) is 24.9 Å². The topological polar surface area (TPSA) is 101 Å². The van der Waals surface area contributed by atoms with Crippen LogP contribution in [0.5, 0.6) is 0 Å². The number of aromatic amines is 1. The molecule has 1 aromatic carbocycles. The Kier molecular flexibility index (Phi) is 4.53. The largest absolute Gasteiger partial charge is 0.335 e. The van der Waals surface area contributed by atoms with E-state index in [0.29, 0.717) is 0 Å². The number of hydrogen-bond acceptors (Lipinski definition) is 4. The molecular weight excluding hydrogens is 276 g/mol. The lowest BCUT2D eigenvalue weighted by molar-refractivity contribution is 0.578. The molecule has 0 amide bonds. The highest BCUT2D eigenvalue weighted by molar-refractivity contribution is 7.89. The Morgan fingerprint density at radius 3 is 2.95 bits per heavy atom. The number of H-pyrrole nitrogens is 1. The van der Waals surface area contributed by atoms with Crippen LogP contribution >= 0.6 is 0 Å². The molecule has 0 aliphatic carbocycles. The zero-order valence-corrected chi connectivity index (χ0v) is 11.4. The van der Waals surface area contributed by atoms with Crippen LogP contribution in [0.4, 0.5) is 0 Å². The minimum Gasteiger partial charge on any atom is -0.335 e. The summed E-state index contributed by atoms with van der Waals surface area (Å²) in [4.78, 5) is 6.24. The number of benzene rings is 1. The van der Waals surface area contributed by atoms with E-state index in [0.717, 1.165) is 11.1 Å². The van der Waals surface area contributed by atoms with Crippen LogP contribution < -0.4 is 10.5 Å². The number of imidazole rings is 1. The molecular formula is C13H14N4O2S. The van der Waals surface area contributed by atoms with Crippen molar-refractivity contribution in [3.8, 4) is 11.8 Å². The summed E-state index contributed by atoms with van der Waals surface area (Å²) in [7, 11) is -3.57. The van der Waals surface area contributed by atoms with Crippen molar-refractivity contribution in [1.29, 1.82) is 0 Å². The van der Waals surface area contributed by atoms with Gasteiger partial charge in [-0.25, -0.2) is 18.1 Å². The highest BCUT2D eigenvalue weighted by atomic mass is 32.2. The molecule has 0 aliphatic heterocycles. The lowest BCUT2D eigenvalue weighted by atomic mass is 10.1. The van der Waals surface area contributed by atoms with Crippen LogP contribution in [0, 0.1) is 11.8 Å². The fourth-order valence-corrected chi connectivity index (χ4v) is 2.48. The van der Waals surface area contributed by atoms with Crippen LogP contribution in [0.2, 0.25) is 0 Å². The monoisotopic (exact) mass is 290 g/mol. The van der Waals surface area contributed by atoms with E-state index in [2.05, 4.69) is 26.5 Å². The molecule has 104 valence electrons. The van der Waals surface area contributed by atoms with Gasteiger partial charge in [-0.05, 0) is 17.7 Å². The molecule has 7 heteroatoms. The number of nitrogens with one attached hydrogen (secondary N) is 2. The molecule has 0 spiro atoms. The van der Waals surface area contributed by atoms with Crippen molar-refractivity contribution in [2.45, 2.75) is 11.6 Å². The van der Waals surface area contributed by atoms with Crippen molar-refractivity contribution >= 4 is 10.0 Å². The van der Waals surface area contributed by atoms with E-state index < -0.39 is 10.0 Å². The number of rotatable bonds is 4. The third-order valence-electron chi connectivity index (χ3n) is 2.49. The van der Waals surface area contributed by atoms with Gasteiger partial charge in [-0.2, -0.15) is 0 Å². The van der Waals surface area contributed by atoms with Gasteiger partial charge in [-0.1, -0.05) is 24.0 Å². The summed E-state index contributed by atoms with van der Waals surface area (Å²) >= 11 is 0. The van der Waals surface area contributed by atoms with Crippen molar-refractivity contribution in [3.63, 3.8) is 0 Å². The van der Waals surface area contributed by atoms with Gasteiger partial charge in [0.2, 0.25) is 0 Å². The standard InChI is InChI=1S/C13H14N4O2S/c14-6-2-5-11-3-1-4-12(7-11)8-17-20(18,19)13-9-15-10-16-13/h1,3-4,7,9-10,17H,6,8,14H2,(H,15,16). The third kappa shape index (κ3) is 3.68. The molecule has 0 unspecified atom stereocenters. The molecule has 1 heterocycles. The first-order valence-corrected chi connectivity index (χ1v) is 7.36. The Balaban J connectivity index is 2.08. The minimum absolute atomic E-state index is 0.0385. The first-order chi connectivity index (χ1) is 9.62. The quantitative estimate of drug-likeness (QED) is 0.700. The average Bonchev–Trinajstić information content (AvgIpc) is 2.98. The second-order valence-electron chi connectivity index (χ2n) is 3.95. The Labute approximate surface area is 117 Å². The number of sulfonamides is 1. The molecule has 4 N–H and O–H groups in total. The molecule has 2 rings (SSSR count). The van der Waals surface area contributed by atoms with Gasteiger partial charge in [0, 0.05) is 12.1 Å². The Morgan fingerprint density at radius 1 is 1.40 bits per heavy atom. The second-order valence-corrected chi connectivity index (χ2v) is 5.68. The van der Waals surface area contributed by atoms with Gasteiger partial charge in [-0.3, -0.25) is 0 Å². The summed E-state index contributed by atoms with van der Waals surface area (Å²) < 4.78 is 26.3. The Hall–Kier alpha value is -2.14. The zero-order valence-electron chi connectivity index (χ0n) is 10.6. The SMILES string of the molecule is NCC#Cc1cccc(CNS(=O)(=O)c2cnc[nH]2)c1. The number of hydrogen-bond donors (Lipinski definition) is 3. The summed E-state index contributed by atoms with van der Waals surface area (Å²) in [6.07, 6.45) is 2.57. The highest BCUT2D eigenvalue weighted by Crippen LogP contribution is 2.07. The maximum Gasteiger partial charge on any atom is 0.257 e. The van der Waals surface area contributed by atoms with Crippen LogP contribution in [0.15, 0.2) is 41.8 Å². The smallest absolute Gasteiger partial charge is 0.257 e. The number of nitrogens with zero attached hydrogens (tertiary/aromatic N) is 1. The molecule has 0 atom stereocenters. The lowest BCUT2D eigenvalue weighted by Gasteiger charge is -2.05. The highest BCUT2D eigenvalue weighted by Gasteiger charge is 2.14. The molecule has 1 aromatic heterocycles. The van der Waals surface area contributed by atoms with E-state index in [1.54, 1.807) is 0 Å². The van der Waals surface area contributed by atoms with Crippen molar-refractivity contribution < 1.29 is 8.42 Å². The first-order valence-electron chi connectivity index (χ1n) is 5.88. The normalized spacial score (nSPS) is 10.8. The summed E-state index contributed by atoms with van der Waals surface area (Å²) in [5.41, 5.74) is 6.93. The van der Waals surface area contributed by atoms with E-state index >= 15 is 0 Å². The Morgan fingerprint density at radius 2 is 2.25 bits per heavy atom. The Bertz CT molecular complexity index is 727. The van der Waals surface area contributed by atoms with Crippen LogP contribution in [0.25, 0.3) is 0 Å². The molecule has 0 bridgehead atoms. The zero-order chi connectivity index (χ0) is 14.4. The van der Waals surface area contributed by atoms with Gasteiger partial charge >= 0.3 is 0 Å². The third-order valence-corrected chi connectivity index (χ3v) is 3.82. The predicted octanol–water partition coefficient (Wildman–Crippen LogP) is 0.198. The van der Waals surface area contributed by atoms with E-state index in [9.17, 15) is 8.42 Å². The maximum absolute atomic E-state index is 11.9. The summed E-state index contributed by atoms with van der Waals surface area (Å²) in [5.74, 6) is 5.65. The average molecular weight is 290 g/mol. The summed E-state index contributed by atoms with van der Waals surface area (Å²) in [6, 6.07) is 7.30. The fraction of sp³-hybridized carbons (Fsp3) is 0.154. The second kappa shape index (κ2) is 6.34. The lowest BCUT2D eigenvalue weighted by Crippen LogP contribution is -2.23. The van der Waals surface area contributed by atoms with Gasteiger partial charge in [-0.15, -0.1) is 0 Å². The van der Waals surface area contributed by atoms with Crippen LogP contribution in [0.3, 0.4) is 0 Å². The van der Waals surface area contributed by atoms with Gasteiger partial charge in [0.25, 0.3) is 10.0 Å². The molecule has 0 radical (unpaired) electrons. The molecule has 2 aromatic rings. The van der Waals surface area contributed by atoms with Crippen molar-refractivity contribution in [1.82, 2.24) is 14.7 Å². The molecule has 20 heavy (non-hydrogen) atoms. The van der Waals surface area contributed by atoms with E-state index in [1.807, 2.05) is 24.3 Å². The van der Waals surface area contributed by atoms with Crippen LogP contribution in [0.1, 0.15) is 11.1 Å². The fourth-order valence-electron chi connectivity index (χ4n) is 1.56. The maximum atomic E-state index is 11.9. The first kappa shape index (κ1) is 14.3. The van der Waals surface area contributed by atoms with E-state index in [1.165, 1.54) is 12.5 Å². The predicted molar refractivity (Wildman–Crippen MR) is 75.0 cm³/mol. The van der Waals surface area contributed by atoms with Crippen molar-refractivity contribution in [2.24, 2.45) is 5.73 Å². The number of nitrogens with two attached hydrogens (primary N) is 1. The van der Waals surface area contributed by atoms with Gasteiger partial charge < -0.3 is 10.7 Å². The van der Waals surface area contributed by atoms with E-state index in [4.69, 9.17) is 5.73 Å². The van der Waals surface area contributed by atoms with Crippen molar-refractivity contribution in [2.75, 3.05) is 6.54 Å². The van der Waals surface area contributed by atoms with E-state index in [-0.39, 0.29) is 18.1 Å². The van der Waals surface area contributed by atoms with Gasteiger partial charge in [0.1, 0.15) is 0 Å². The summed E-state index contributed by atoms with van der Waals surface area (Å²) in [6.45, 7) is 0.468. The molecule has 6 nitrogen and oxygen atoms in total. The molecule has 0 saturated heterocycles. The molecule has 0 fully saturated rings. The molecule has 0 aliphatic rings.